The second-order valence-corrected chi connectivity index (χ2v) is 4.36. The number of anilines is 1. The number of nitrogens with two attached hydrogens (primary N) is 1. The lowest BCUT2D eigenvalue weighted by atomic mass is 10.0. The van der Waals surface area contributed by atoms with E-state index in [2.05, 4.69) is 5.32 Å². The first kappa shape index (κ1) is 14.5. The molecule has 100 valence electrons. The van der Waals surface area contributed by atoms with Crippen LogP contribution in [-0.4, -0.2) is 38.6 Å². The summed E-state index contributed by atoms with van der Waals surface area (Å²) in [4.78, 5) is 13.2. The molecule has 0 bridgehead atoms. The van der Waals surface area contributed by atoms with Crippen molar-refractivity contribution >= 4 is 11.6 Å². The lowest BCUT2D eigenvalue weighted by Gasteiger charge is -2.24. The summed E-state index contributed by atoms with van der Waals surface area (Å²) in [5, 5.41) is 2.76. The summed E-state index contributed by atoms with van der Waals surface area (Å²) in [6.07, 6.45) is 0. The first-order valence-corrected chi connectivity index (χ1v) is 5.81. The number of rotatable bonds is 5. The normalized spacial score (nSPS) is 12.3. The van der Waals surface area contributed by atoms with Crippen molar-refractivity contribution in [3.05, 3.63) is 23.8 Å². The predicted molar refractivity (Wildman–Crippen MR) is 72.8 cm³/mol. The van der Waals surface area contributed by atoms with E-state index in [-0.39, 0.29) is 11.9 Å². The van der Waals surface area contributed by atoms with Gasteiger partial charge < -0.3 is 20.7 Å². The third-order valence-electron chi connectivity index (χ3n) is 2.77. The molecule has 0 spiro atoms. The fraction of sp³-hybridized carbons (Fsp3) is 0.462. The average molecular weight is 251 g/mol. The van der Waals surface area contributed by atoms with Gasteiger partial charge in [0, 0.05) is 19.5 Å². The van der Waals surface area contributed by atoms with Gasteiger partial charge in [-0.15, -0.1) is 0 Å². The molecule has 0 aliphatic rings. The minimum atomic E-state index is -0.125. The molecular formula is C13H21N3O2. The largest absolute Gasteiger partial charge is 0.495 e. The third-order valence-corrected chi connectivity index (χ3v) is 2.77. The van der Waals surface area contributed by atoms with Crippen molar-refractivity contribution in [2.24, 2.45) is 5.73 Å². The molecule has 0 aliphatic carbocycles. The number of likely N-dealkylation sites (N-methyl/N-ethyl adjacent to an activating group) is 1. The van der Waals surface area contributed by atoms with Gasteiger partial charge in [0.25, 0.3) is 0 Å². The third kappa shape index (κ3) is 3.45. The summed E-state index contributed by atoms with van der Waals surface area (Å²) in [5.74, 6) is 0.517. The van der Waals surface area contributed by atoms with Gasteiger partial charge in [-0.2, -0.15) is 0 Å². The summed E-state index contributed by atoms with van der Waals surface area (Å²) in [6.45, 7) is 1.98. The zero-order valence-electron chi connectivity index (χ0n) is 11.4. The summed E-state index contributed by atoms with van der Waals surface area (Å²) in [5.41, 5.74) is 7.48. The van der Waals surface area contributed by atoms with E-state index < -0.39 is 0 Å². The molecule has 0 radical (unpaired) electrons. The Morgan fingerprint density at radius 2 is 2.17 bits per heavy atom. The summed E-state index contributed by atoms with van der Waals surface area (Å²) in [7, 11) is 5.52. The molecule has 3 N–H and O–H groups in total. The molecule has 5 nitrogen and oxygen atoms in total. The molecule has 18 heavy (non-hydrogen) atoms. The maximum atomic E-state index is 11.2. The van der Waals surface area contributed by atoms with Crippen LogP contribution in [0.5, 0.6) is 5.75 Å². The highest BCUT2D eigenvalue weighted by Crippen LogP contribution is 2.29. The highest BCUT2D eigenvalue weighted by Gasteiger charge is 2.14. The number of hydrogen-bond donors (Lipinski definition) is 2. The van der Waals surface area contributed by atoms with Crippen molar-refractivity contribution in [1.82, 2.24) is 4.90 Å². The summed E-state index contributed by atoms with van der Waals surface area (Å²) < 4.78 is 5.22. The van der Waals surface area contributed by atoms with E-state index in [1.807, 2.05) is 37.2 Å². The lowest BCUT2D eigenvalue weighted by Crippen LogP contribution is -2.27. The fourth-order valence-electron chi connectivity index (χ4n) is 1.87. The van der Waals surface area contributed by atoms with Gasteiger partial charge in [-0.25, -0.2) is 0 Å². The number of nitrogens with zero attached hydrogens (tertiary/aromatic N) is 1. The summed E-state index contributed by atoms with van der Waals surface area (Å²) in [6, 6.07) is 5.81. The fourth-order valence-corrected chi connectivity index (χ4v) is 1.87. The quantitative estimate of drug-likeness (QED) is 0.825. The van der Waals surface area contributed by atoms with E-state index in [1.54, 1.807) is 7.11 Å². The minimum absolute atomic E-state index is 0.114. The molecule has 1 aromatic rings. The van der Waals surface area contributed by atoms with Crippen LogP contribution in [0.15, 0.2) is 18.2 Å². The second-order valence-electron chi connectivity index (χ2n) is 4.36. The van der Waals surface area contributed by atoms with Crippen molar-refractivity contribution < 1.29 is 9.53 Å². The monoisotopic (exact) mass is 251 g/mol. The van der Waals surface area contributed by atoms with Crippen molar-refractivity contribution in [2.75, 3.05) is 33.1 Å². The van der Waals surface area contributed by atoms with Crippen LogP contribution < -0.4 is 15.8 Å². The van der Waals surface area contributed by atoms with Crippen LogP contribution in [0, 0.1) is 0 Å². The molecule has 1 aromatic carbocycles. The van der Waals surface area contributed by atoms with Crippen molar-refractivity contribution in [2.45, 2.75) is 13.0 Å². The van der Waals surface area contributed by atoms with Crippen LogP contribution in [0.3, 0.4) is 0 Å². The molecule has 0 heterocycles. The highest BCUT2D eigenvalue weighted by molar-refractivity contribution is 5.90. The van der Waals surface area contributed by atoms with E-state index in [0.717, 1.165) is 5.56 Å². The Morgan fingerprint density at radius 3 is 2.61 bits per heavy atom. The Hall–Kier alpha value is -1.59. The molecule has 1 unspecified atom stereocenters. The van der Waals surface area contributed by atoms with Gasteiger partial charge in [-0.05, 0) is 31.8 Å². The van der Waals surface area contributed by atoms with E-state index >= 15 is 0 Å². The van der Waals surface area contributed by atoms with E-state index in [9.17, 15) is 4.79 Å². The standard InChI is InChI=1S/C13H21N3O2/c1-9(17)15-11-7-10(5-6-13(11)18-4)12(8-14)16(2)3/h5-7,12H,8,14H2,1-4H3,(H,15,17). The van der Waals surface area contributed by atoms with Crippen LogP contribution >= 0.6 is 0 Å². The molecule has 1 atom stereocenters. The zero-order valence-corrected chi connectivity index (χ0v) is 11.4. The van der Waals surface area contributed by atoms with Gasteiger partial charge in [0.15, 0.2) is 0 Å². The molecule has 0 saturated heterocycles. The van der Waals surface area contributed by atoms with Gasteiger partial charge in [0.05, 0.1) is 12.8 Å². The van der Waals surface area contributed by atoms with Crippen molar-refractivity contribution in [3.8, 4) is 5.75 Å². The van der Waals surface area contributed by atoms with Gasteiger partial charge in [0.2, 0.25) is 5.91 Å². The zero-order chi connectivity index (χ0) is 13.7. The number of hydrogen-bond acceptors (Lipinski definition) is 4. The lowest BCUT2D eigenvalue weighted by molar-refractivity contribution is -0.114. The van der Waals surface area contributed by atoms with E-state index in [1.165, 1.54) is 6.92 Å². The number of carbonyl (C=O) groups excluding carboxylic acids is 1. The number of ether oxygens (including phenoxy) is 1. The molecule has 0 saturated carbocycles. The van der Waals surface area contributed by atoms with Crippen LogP contribution in [0.2, 0.25) is 0 Å². The molecule has 5 heteroatoms. The Kier molecular flexibility index (Phi) is 5.12. The maximum absolute atomic E-state index is 11.2. The molecule has 0 fully saturated rings. The van der Waals surface area contributed by atoms with Gasteiger partial charge >= 0.3 is 0 Å². The Labute approximate surface area is 108 Å². The number of carbonyl (C=O) groups is 1. The summed E-state index contributed by atoms with van der Waals surface area (Å²) >= 11 is 0. The molecular weight excluding hydrogens is 230 g/mol. The predicted octanol–water partition coefficient (Wildman–Crippen LogP) is 1.22. The second kappa shape index (κ2) is 6.37. The number of nitrogens with one attached hydrogen (secondary N) is 1. The molecule has 0 aliphatic heterocycles. The average Bonchev–Trinajstić information content (AvgIpc) is 2.29. The maximum Gasteiger partial charge on any atom is 0.221 e. The number of methoxy groups -OCH3 is 1. The first-order chi connectivity index (χ1) is 8.49. The van der Waals surface area contributed by atoms with Gasteiger partial charge in [-0.3, -0.25) is 4.79 Å². The topological polar surface area (TPSA) is 67.6 Å². The smallest absolute Gasteiger partial charge is 0.221 e. The van der Waals surface area contributed by atoms with Crippen LogP contribution in [0.4, 0.5) is 5.69 Å². The van der Waals surface area contributed by atoms with Crippen LogP contribution in [0.1, 0.15) is 18.5 Å². The molecule has 1 amide bonds. The number of amides is 1. The number of benzene rings is 1. The van der Waals surface area contributed by atoms with Gasteiger partial charge in [0.1, 0.15) is 5.75 Å². The van der Waals surface area contributed by atoms with Crippen molar-refractivity contribution in [1.29, 1.82) is 0 Å². The Bertz CT molecular complexity index is 419. The Balaban J connectivity index is 3.12. The first-order valence-electron chi connectivity index (χ1n) is 5.81. The van der Waals surface area contributed by atoms with Gasteiger partial charge in [-0.1, -0.05) is 6.07 Å². The van der Waals surface area contributed by atoms with E-state index in [4.69, 9.17) is 10.5 Å². The van der Waals surface area contributed by atoms with E-state index in [0.29, 0.717) is 18.0 Å². The SMILES string of the molecule is COc1ccc(C(CN)N(C)C)cc1NC(C)=O. The highest BCUT2D eigenvalue weighted by atomic mass is 16.5. The van der Waals surface area contributed by atoms with Crippen LogP contribution in [0.25, 0.3) is 0 Å². The molecule has 1 rings (SSSR count). The van der Waals surface area contributed by atoms with Crippen LogP contribution in [-0.2, 0) is 4.79 Å². The minimum Gasteiger partial charge on any atom is -0.495 e. The van der Waals surface area contributed by atoms with Crippen molar-refractivity contribution in [3.63, 3.8) is 0 Å². The Morgan fingerprint density at radius 1 is 1.50 bits per heavy atom. The molecule has 0 aromatic heterocycles.